The minimum absolute atomic E-state index is 0.382. The van der Waals surface area contributed by atoms with Gasteiger partial charge in [0.25, 0.3) is 0 Å². The fraction of sp³-hybridized carbons (Fsp3) is 0.400. The highest BCUT2D eigenvalue weighted by atomic mass is 16.5. The summed E-state index contributed by atoms with van der Waals surface area (Å²) in [5.41, 5.74) is 3.95. The van der Waals surface area contributed by atoms with Crippen molar-refractivity contribution >= 4 is 0 Å². The van der Waals surface area contributed by atoms with Crippen molar-refractivity contribution in [1.29, 1.82) is 0 Å². The van der Waals surface area contributed by atoms with E-state index in [1.54, 1.807) is 21.3 Å². The highest BCUT2D eigenvalue weighted by molar-refractivity contribution is 5.55. The van der Waals surface area contributed by atoms with Crippen molar-refractivity contribution in [2.24, 2.45) is 0 Å². The number of hydrogen-bond acceptors (Lipinski definition) is 4. The second-order valence-corrected chi connectivity index (χ2v) is 6.02. The Kier molecular flexibility index (Phi) is 5.26. The van der Waals surface area contributed by atoms with Crippen molar-refractivity contribution in [1.82, 2.24) is 5.32 Å². The van der Waals surface area contributed by atoms with E-state index in [0.717, 1.165) is 24.3 Å². The molecule has 1 atom stereocenters. The fourth-order valence-corrected chi connectivity index (χ4v) is 3.50. The van der Waals surface area contributed by atoms with Crippen LogP contribution in [-0.2, 0) is 13.0 Å². The van der Waals surface area contributed by atoms with Crippen molar-refractivity contribution in [2.75, 3.05) is 21.3 Å². The quantitative estimate of drug-likeness (QED) is 0.874. The third kappa shape index (κ3) is 3.20. The predicted octanol–water partition coefficient (Wildman–Crippen LogP) is 3.88. The van der Waals surface area contributed by atoms with Crippen LogP contribution in [0.5, 0.6) is 17.2 Å². The smallest absolute Gasteiger partial charge is 0.203 e. The normalized spacial score (nSPS) is 16.4. The van der Waals surface area contributed by atoms with E-state index >= 15 is 0 Å². The molecule has 3 rings (SSSR count). The summed E-state index contributed by atoms with van der Waals surface area (Å²) in [6, 6.07) is 13.1. The SMILES string of the molecule is COc1ccc(CNC2CCCc3ccccc32)c(OC)c1OC. The first kappa shape index (κ1) is 16.7. The molecule has 0 spiro atoms. The Morgan fingerprint density at radius 1 is 0.958 bits per heavy atom. The number of ether oxygens (including phenoxy) is 3. The number of rotatable bonds is 6. The number of benzene rings is 2. The molecule has 1 aliphatic rings. The van der Waals surface area contributed by atoms with Gasteiger partial charge in [0.05, 0.1) is 21.3 Å². The third-order valence-corrected chi connectivity index (χ3v) is 4.69. The van der Waals surface area contributed by atoms with Crippen LogP contribution in [0, 0.1) is 0 Å². The molecule has 0 fully saturated rings. The van der Waals surface area contributed by atoms with E-state index in [4.69, 9.17) is 14.2 Å². The molecular weight excluding hydrogens is 302 g/mol. The Morgan fingerprint density at radius 3 is 2.50 bits per heavy atom. The molecule has 1 aliphatic carbocycles. The molecule has 4 heteroatoms. The lowest BCUT2D eigenvalue weighted by Crippen LogP contribution is -2.25. The summed E-state index contributed by atoms with van der Waals surface area (Å²) in [6.45, 7) is 0.725. The molecule has 0 amide bonds. The summed E-state index contributed by atoms with van der Waals surface area (Å²) < 4.78 is 16.4. The van der Waals surface area contributed by atoms with Crippen LogP contribution in [-0.4, -0.2) is 21.3 Å². The van der Waals surface area contributed by atoms with Gasteiger partial charge in [-0.1, -0.05) is 30.3 Å². The van der Waals surface area contributed by atoms with Crippen molar-refractivity contribution in [3.8, 4) is 17.2 Å². The van der Waals surface area contributed by atoms with Crippen LogP contribution < -0.4 is 19.5 Å². The Hall–Kier alpha value is -2.20. The lowest BCUT2D eigenvalue weighted by atomic mass is 9.87. The van der Waals surface area contributed by atoms with Gasteiger partial charge in [-0.25, -0.2) is 0 Å². The van der Waals surface area contributed by atoms with Crippen LogP contribution in [0.25, 0.3) is 0 Å². The molecule has 0 saturated carbocycles. The average molecular weight is 327 g/mol. The van der Waals surface area contributed by atoms with E-state index in [2.05, 4.69) is 29.6 Å². The van der Waals surface area contributed by atoms with Crippen LogP contribution in [0.1, 0.15) is 35.6 Å². The highest BCUT2D eigenvalue weighted by Gasteiger charge is 2.21. The molecule has 2 aromatic carbocycles. The van der Waals surface area contributed by atoms with Gasteiger partial charge in [-0.05, 0) is 36.5 Å². The van der Waals surface area contributed by atoms with E-state index in [1.807, 2.05) is 12.1 Å². The second-order valence-electron chi connectivity index (χ2n) is 6.02. The van der Waals surface area contributed by atoms with E-state index in [-0.39, 0.29) is 0 Å². The Bertz CT molecular complexity index is 699. The van der Waals surface area contributed by atoms with E-state index in [9.17, 15) is 0 Å². The summed E-state index contributed by atoms with van der Waals surface area (Å²) in [7, 11) is 4.93. The first-order valence-electron chi connectivity index (χ1n) is 8.37. The maximum atomic E-state index is 5.57. The number of aryl methyl sites for hydroxylation is 1. The van der Waals surface area contributed by atoms with Crippen molar-refractivity contribution < 1.29 is 14.2 Å². The first-order chi connectivity index (χ1) is 11.8. The lowest BCUT2D eigenvalue weighted by Gasteiger charge is -2.27. The zero-order valence-corrected chi connectivity index (χ0v) is 14.6. The molecule has 1 N–H and O–H groups in total. The number of nitrogens with one attached hydrogen (secondary N) is 1. The Labute approximate surface area is 143 Å². The molecule has 128 valence electrons. The van der Waals surface area contributed by atoms with Gasteiger partial charge in [-0.15, -0.1) is 0 Å². The fourth-order valence-electron chi connectivity index (χ4n) is 3.50. The van der Waals surface area contributed by atoms with Gasteiger partial charge in [0.1, 0.15) is 0 Å². The predicted molar refractivity (Wildman–Crippen MR) is 95.1 cm³/mol. The van der Waals surface area contributed by atoms with Crippen LogP contribution >= 0.6 is 0 Å². The van der Waals surface area contributed by atoms with Crippen LogP contribution in [0.4, 0.5) is 0 Å². The summed E-state index contributed by atoms with van der Waals surface area (Å²) in [4.78, 5) is 0. The van der Waals surface area contributed by atoms with E-state index < -0.39 is 0 Å². The molecule has 0 saturated heterocycles. The Morgan fingerprint density at radius 2 is 1.75 bits per heavy atom. The third-order valence-electron chi connectivity index (χ3n) is 4.69. The zero-order chi connectivity index (χ0) is 16.9. The molecule has 0 aliphatic heterocycles. The monoisotopic (exact) mass is 327 g/mol. The minimum atomic E-state index is 0.382. The largest absolute Gasteiger partial charge is 0.493 e. The van der Waals surface area contributed by atoms with Crippen LogP contribution in [0.2, 0.25) is 0 Å². The van der Waals surface area contributed by atoms with Gasteiger partial charge in [-0.3, -0.25) is 0 Å². The van der Waals surface area contributed by atoms with Crippen molar-refractivity contribution in [3.63, 3.8) is 0 Å². The molecule has 0 heterocycles. The maximum Gasteiger partial charge on any atom is 0.203 e. The van der Waals surface area contributed by atoms with Gasteiger partial charge >= 0.3 is 0 Å². The van der Waals surface area contributed by atoms with Gasteiger partial charge < -0.3 is 19.5 Å². The first-order valence-corrected chi connectivity index (χ1v) is 8.37. The molecule has 0 bridgehead atoms. The van der Waals surface area contributed by atoms with Gasteiger partial charge in [0, 0.05) is 18.2 Å². The minimum Gasteiger partial charge on any atom is -0.493 e. The van der Waals surface area contributed by atoms with Gasteiger partial charge in [0.2, 0.25) is 5.75 Å². The summed E-state index contributed by atoms with van der Waals surface area (Å²) in [5.74, 6) is 2.05. The molecule has 0 radical (unpaired) electrons. The molecule has 0 aromatic heterocycles. The zero-order valence-electron chi connectivity index (χ0n) is 14.6. The number of hydrogen-bond donors (Lipinski definition) is 1. The van der Waals surface area contributed by atoms with E-state index in [1.165, 1.54) is 24.0 Å². The average Bonchev–Trinajstić information content (AvgIpc) is 2.65. The topological polar surface area (TPSA) is 39.7 Å². The number of methoxy groups -OCH3 is 3. The second kappa shape index (κ2) is 7.58. The number of fused-ring (bicyclic) bond motifs is 1. The standard InChI is InChI=1S/C20H25NO3/c1-22-18-12-11-15(19(23-2)20(18)24-3)13-21-17-10-6-8-14-7-4-5-9-16(14)17/h4-5,7,9,11-12,17,21H,6,8,10,13H2,1-3H3. The summed E-state index contributed by atoms with van der Waals surface area (Å²) in [5, 5.41) is 3.68. The molecular formula is C20H25NO3. The lowest BCUT2D eigenvalue weighted by molar-refractivity contribution is 0.320. The maximum absolute atomic E-state index is 5.57. The molecule has 1 unspecified atom stereocenters. The van der Waals surface area contributed by atoms with Gasteiger partial charge in [-0.2, -0.15) is 0 Å². The molecule has 2 aromatic rings. The molecule has 24 heavy (non-hydrogen) atoms. The van der Waals surface area contributed by atoms with Crippen molar-refractivity contribution in [3.05, 3.63) is 53.1 Å². The van der Waals surface area contributed by atoms with E-state index in [0.29, 0.717) is 17.5 Å². The van der Waals surface area contributed by atoms with Gasteiger partial charge in [0.15, 0.2) is 11.5 Å². The van der Waals surface area contributed by atoms with Crippen LogP contribution in [0.3, 0.4) is 0 Å². The molecule has 4 nitrogen and oxygen atoms in total. The highest BCUT2D eigenvalue weighted by Crippen LogP contribution is 2.40. The van der Waals surface area contributed by atoms with Crippen molar-refractivity contribution in [2.45, 2.75) is 31.8 Å². The summed E-state index contributed by atoms with van der Waals surface area (Å²) >= 11 is 0. The van der Waals surface area contributed by atoms with Crippen LogP contribution in [0.15, 0.2) is 36.4 Å². The Balaban J connectivity index is 1.81. The summed E-state index contributed by atoms with van der Waals surface area (Å²) in [6.07, 6.45) is 3.55.